The van der Waals surface area contributed by atoms with Crippen LogP contribution < -0.4 is 5.32 Å². The molecule has 1 aromatic heterocycles. The highest BCUT2D eigenvalue weighted by atomic mass is 35.5. The Morgan fingerprint density at radius 2 is 2.36 bits per heavy atom. The number of halogens is 1. The highest BCUT2D eigenvalue weighted by Crippen LogP contribution is 2.22. The third-order valence-electron chi connectivity index (χ3n) is 1.79. The molecule has 1 heterocycles. The molecule has 0 saturated heterocycles. The van der Waals surface area contributed by atoms with E-state index in [0.29, 0.717) is 11.0 Å². The van der Waals surface area contributed by atoms with Crippen molar-refractivity contribution in [1.82, 2.24) is 4.98 Å². The average Bonchev–Trinajstić information content (AvgIpc) is 2.51. The molecule has 0 aliphatic rings. The van der Waals surface area contributed by atoms with Crippen LogP contribution in [0.3, 0.4) is 0 Å². The number of hydrogen-bond acceptors (Lipinski definition) is 3. The summed E-state index contributed by atoms with van der Waals surface area (Å²) in [6.07, 6.45) is 1.73. The Balaban J connectivity index is 2.66. The van der Waals surface area contributed by atoms with E-state index in [1.54, 1.807) is 20.0 Å². The van der Waals surface area contributed by atoms with Gasteiger partial charge in [-0.2, -0.15) is 0 Å². The summed E-state index contributed by atoms with van der Waals surface area (Å²) in [5.41, 5.74) is -0.554. The van der Waals surface area contributed by atoms with Gasteiger partial charge in [-0.3, -0.25) is 4.79 Å². The van der Waals surface area contributed by atoms with Crippen LogP contribution in [0.2, 0.25) is 0 Å². The van der Waals surface area contributed by atoms with E-state index in [-0.39, 0.29) is 5.91 Å². The van der Waals surface area contributed by atoms with Gasteiger partial charge in [-0.15, -0.1) is 22.9 Å². The summed E-state index contributed by atoms with van der Waals surface area (Å²) in [7, 11) is 0. The van der Waals surface area contributed by atoms with Gasteiger partial charge in [0.2, 0.25) is 5.91 Å². The SMILES string of the molecule is Cc1cnc(NC(=O)C(C)(C)CCl)s1. The van der Waals surface area contributed by atoms with Gasteiger partial charge in [0.1, 0.15) is 0 Å². The number of nitrogens with zero attached hydrogens (tertiary/aromatic N) is 1. The average molecular weight is 233 g/mol. The molecular weight excluding hydrogens is 220 g/mol. The highest BCUT2D eigenvalue weighted by molar-refractivity contribution is 7.15. The molecule has 0 fully saturated rings. The molecule has 5 heteroatoms. The van der Waals surface area contributed by atoms with E-state index in [1.165, 1.54) is 11.3 Å². The fourth-order valence-electron chi connectivity index (χ4n) is 0.740. The van der Waals surface area contributed by atoms with Crippen LogP contribution in [0.4, 0.5) is 5.13 Å². The number of nitrogens with one attached hydrogen (secondary N) is 1. The summed E-state index contributed by atoms with van der Waals surface area (Å²) >= 11 is 7.14. The second-order valence-electron chi connectivity index (χ2n) is 3.75. The molecule has 78 valence electrons. The molecule has 0 radical (unpaired) electrons. The zero-order chi connectivity index (χ0) is 10.8. The van der Waals surface area contributed by atoms with Crippen LogP contribution in [-0.4, -0.2) is 16.8 Å². The molecule has 0 aromatic carbocycles. The van der Waals surface area contributed by atoms with E-state index >= 15 is 0 Å². The van der Waals surface area contributed by atoms with E-state index in [9.17, 15) is 4.79 Å². The van der Waals surface area contributed by atoms with E-state index in [2.05, 4.69) is 10.3 Å². The van der Waals surface area contributed by atoms with Crippen LogP contribution in [0.25, 0.3) is 0 Å². The summed E-state index contributed by atoms with van der Waals surface area (Å²) in [5, 5.41) is 3.37. The molecule has 0 aliphatic heterocycles. The monoisotopic (exact) mass is 232 g/mol. The van der Waals surface area contributed by atoms with Crippen LogP contribution in [0.5, 0.6) is 0 Å². The van der Waals surface area contributed by atoms with E-state index in [0.717, 1.165) is 4.88 Å². The largest absolute Gasteiger partial charge is 0.301 e. The first kappa shape index (κ1) is 11.5. The van der Waals surface area contributed by atoms with Crippen molar-refractivity contribution in [3.8, 4) is 0 Å². The molecule has 0 bridgehead atoms. The second-order valence-corrected chi connectivity index (χ2v) is 5.25. The van der Waals surface area contributed by atoms with E-state index in [4.69, 9.17) is 11.6 Å². The van der Waals surface area contributed by atoms with Crippen molar-refractivity contribution < 1.29 is 4.79 Å². The zero-order valence-corrected chi connectivity index (χ0v) is 10.00. The maximum Gasteiger partial charge on any atom is 0.233 e. The van der Waals surface area contributed by atoms with Gasteiger partial charge >= 0.3 is 0 Å². The smallest absolute Gasteiger partial charge is 0.233 e. The first-order chi connectivity index (χ1) is 6.45. The molecule has 1 aromatic rings. The Hall–Kier alpha value is -0.610. The van der Waals surface area contributed by atoms with E-state index < -0.39 is 5.41 Å². The van der Waals surface area contributed by atoms with Crippen molar-refractivity contribution in [3.63, 3.8) is 0 Å². The van der Waals surface area contributed by atoms with Gasteiger partial charge < -0.3 is 5.32 Å². The Kier molecular flexibility index (Phi) is 3.50. The normalized spacial score (nSPS) is 11.4. The lowest BCUT2D eigenvalue weighted by Gasteiger charge is -2.18. The molecule has 0 saturated carbocycles. The minimum atomic E-state index is -0.554. The van der Waals surface area contributed by atoms with Gasteiger partial charge in [0.15, 0.2) is 5.13 Å². The highest BCUT2D eigenvalue weighted by Gasteiger charge is 2.26. The van der Waals surface area contributed by atoms with E-state index in [1.807, 2.05) is 6.92 Å². The number of rotatable bonds is 3. The maximum atomic E-state index is 11.6. The first-order valence-electron chi connectivity index (χ1n) is 4.25. The van der Waals surface area contributed by atoms with Crippen LogP contribution >= 0.6 is 22.9 Å². The molecule has 3 nitrogen and oxygen atoms in total. The minimum absolute atomic E-state index is 0.0955. The predicted molar refractivity (Wildman–Crippen MR) is 60.0 cm³/mol. The molecule has 1 N–H and O–H groups in total. The molecule has 1 amide bonds. The summed E-state index contributed by atoms with van der Waals surface area (Å²) in [6, 6.07) is 0. The Morgan fingerprint density at radius 1 is 1.71 bits per heavy atom. The predicted octanol–water partition coefficient (Wildman–Crippen LogP) is 2.66. The number of anilines is 1. The van der Waals surface area contributed by atoms with Gasteiger partial charge in [0.25, 0.3) is 0 Å². The first-order valence-corrected chi connectivity index (χ1v) is 5.60. The quantitative estimate of drug-likeness (QED) is 0.815. The third kappa shape index (κ3) is 2.69. The molecule has 0 aliphatic carbocycles. The standard InChI is InChI=1S/C9H13ClN2OS/c1-6-4-11-8(14-6)12-7(13)9(2,3)5-10/h4H,5H2,1-3H3,(H,11,12,13). The summed E-state index contributed by atoms with van der Waals surface area (Å²) in [6.45, 7) is 5.55. The van der Waals surface area contributed by atoms with Crippen molar-refractivity contribution in [2.24, 2.45) is 5.41 Å². The molecule has 1 rings (SSSR count). The van der Waals surface area contributed by atoms with Crippen LogP contribution in [0.1, 0.15) is 18.7 Å². The maximum absolute atomic E-state index is 11.6. The lowest BCUT2D eigenvalue weighted by Crippen LogP contribution is -2.32. The fraction of sp³-hybridized carbons (Fsp3) is 0.556. The second kappa shape index (κ2) is 4.28. The number of alkyl halides is 1. The topological polar surface area (TPSA) is 42.0 Å². The summed E-state index contributed by atoms with van der Waals surface area (Å²) in [4.78, 5) is 16.8. The number of thiazole rings is 1. The number of aryl methyl sites for hydroxylation is 1. The minimum Gasteiger partial charge on any atom is -0.301 e. The van der Waals surface area contributed by atoms with Gasteiger partial charge in [-0.05, 0) is 20.8 Å². The zero-order valence-electron chi connectivity index (χ0n) is 8.43. The van der Waals surface area contributed by atoms with Gasteiger partial charge in [0, 0.05) is 17.0 Å². The third-order valence-corrected chi connectivity index (χ3v) is 3.29. The Morgan fingerprint density at radius 3 is 2.79 bits per heavy atom. The lowest BCUT2D eigenvalue weighted by atomic mass is 9.95. The van der Waals surface area contributed by atoms with Crippen molar-refractivity contribution in [2.45, 2.75) is 20.8 Å². The van der Waals surface area contributed by atoms with Crippen molar-refractivity contribution in [3.05, 3.63) is 11.1 Å². The number of carbonyl (C=O) groups excluding carboxylic acids is 1. The number of hydrogen-bond donors (Lipinski definition) is 1. The van der Waals surface area contributed by atoms with Crippen molar-refractivity contribution in [1.29, 1.82) is 0 Å². The Bertz CT molecular complexity index is 335. The molecule has 0 unspecified atom stereocenters. The van der Waals surface area contributed by atoms with Crippen LogP contribution in [0.15, 0.2) is 6.20 Å². The van der Waals surface area contributed by atoms with Gasteiger partial charge in [0.05, 0.1) is 5.41 Å². The van der Waals surface area contributed by atoms with Gasteiger partial charge in [-0.1, -0.05) is 0 Å². The van der Waals surface area contributed by atoms with Crippen molar-refractivity contribution >= 4 is 34.0 Å². The summed E-state index contributed by atoms with van der Waals surface area (Å²) in [5.74, 6) is 0.199. The molecule has 14 heavy (non-hydrogen) atoms. The van der Waals surface area contributed by atoms with Crippen LogP contribution in [-0.2, 0) is 4.79 Å². The number of aromatic nitrogens is 1. The van der Waals surface area contributed by atoms with Crippen molar-refractivity contribution in [2.75, 3.05) is 11.2 Å². The lowest BCUT2D eigenvalue weighted by molar-refractivity contribution is -0.122. The summed E-state index contributed by atoms with van der Waals surface area (Å²) < 4.78 is 0. The molecule has 0 spiro atoms. The molecular formula is C9H13ClN2OS. The fourth-order valence-corrected chi connectivity index (χ4v) is 1.52. The molecule has 0 atom stereocenters. The number of carbonyl (C=O) groups is 1. The Labute approximate surface area is 92.5 Å². The van der Waals surface area contributed by atoms with Crippen LogP contribution in [0, 0.1) is 12.3 Å². The number of amides is 1. The van der Waals surface area contributed by atoms with Gasteiger partial charge in [-0.25, -0.2) is 4.98 Å².